The van der Waals surface area contributed by atoms with E-state index in [-0.39, 0.29) is 0 Å². The van der Waals surface area contributed by atoms with E-state index < -0.39 is 0 Å². The maximum Gasteiger partial charge on any atom is 0.251 e. The molecule has 4 aromatic rings. The molecule has 0 fully saturated rings. The predicted octanol–water partition coefficient (Wildman–Crippen LogP) is 3.95. The third-order valence-corrected chi connectivity index (χ3v) is 3.13. The molecule has 6 nitrogen and oxygen atoms in total. The molecule has 4 rings (SSSR count). The lowest BCUT2D eigenvalue weighted by molar-refractivity contribution is 0.411. The highest BCUT2D eigenvalue weighted by Gasteiger charge is 2.10. The molecule has 108 valence electrons. The van der Waals surface area contributed by atoms with Crippen molar-refractivity contribution in [2.75, 3.05) is 0 Å². The van der Waals surface area contributed by atoms with Crippen molar-refractivity contribution in [3.8, 4) is 11.4 Å². The summed E-state index contributed by atoms with van der Waals surface area (Å²) in [5.41, 5.74) is 2.33. The van der Waals surface area contributed by atoms with Crippen LogP contribution in [0.1, 0.15) is 17.5 Å². The molecule has 0 bridgehead atoms. The Morgan fingerprint density at radius 3 is 2.91 bits per heavy atom. The average molecular weight is 293 g/mol. The van der Waals surface area contributed by atoms with Gasteiger partial charge in [0.15, 0.2) is 11.5 Å². The van der Waals surface area contributed by atoms with Gasteiger partial charge < -0.3 is 13.4 Å². The minimum absolute atomic E-state index is 0.405. The van der Waals surface area contributed by atoms with Crippen LogP contribution in [0.25, 0.3) is 34.6 Å². The van der Waals surface area contributed by atoms with Gasteiger partial charge in [0.25, 0.3) is 5.89 Å². The zero-order valence-electron chi connectivity index (χ0n) is 11.7. The van der Waals surface area contributed by atoms with Crippen molar-refractivity contribution in [2.24, 2.45) is 0 Å². The summed E-state index contributed by atoms with van der Waals surface area (Å²) in [4.78, 5) is 8.63. The lowest BCUT2D eigenvalue weighted by atomic mass is 10.2. The summed E-state index contributed by atoms with van der Waals surface area (Å²) in [5.74, 6) is 2.26. The van der Waals surface area contributed by atoms with Gasteiger partial charge in [-0.05, 0) is 36.4 Å². The summed E-state index contributed by atoms with van der Waals surface area (Å²) < 4.78 is 15.8. The SMILES string of the molecule is Cc1nc2cc(-c3noc(/C=C/c4ccco4)n3)ccc2o1. The summed E-state index contributed by atoms with van der Waals surface area (Å²) >= 11 is 0. The van der Waals surface area contributed by atoms with Crippen molar-refractivity contribution in [1.29, 1.82) is 0 Å². The molecular weight excluding hydrogens is 282 g/mol. The maximum atomic E-state index is 5.45. The normalized spacial score (nSPS) is 11.7. The van der Waals surface area contributed by atoms with Gasteiger partial charge in [-0.3, -0.25) is 0 Å². The molecule has 0 saturated heterocycles. The van der Waals surface area contributed by atoms with Gasteiger partial charge in [0.2, 0.25) is 5.82 Å². The Labute approximate surface area is 125 Å². The molecule has 22 heavy (non-hydrogen) atoms. The molecule has 1 aromatic carbocycles. The molecule has 0 unspecified atom stereocenters. The third kappa shape index (κ3) is 2.31. The van der Waals surface area contributed by atoms with Gasteiger partial charge in [-0.1, -0.05) is 5.16 Å². The Morgan fingerprint density at radius 1 is 1.09 bits per heavy atom. The first-order valence-corrected chi connectivity index (χ1v) is 6.71. The van der Waals surface area contributed by atoms with E-state index >= 15 is 0 Å². The Balaban J connectivity index is 1.64. The topological polar surface area (TPSA) is 78.1 Å². The number of furan rings is 1. The number of oxazole rings is 1. The van der Waals surface area contributed by atoms with E-state index in [9.17, 15) is 0 Å². The van der Waals surface area contributed by atoms with Crippen LogP contribution in [0.5, 0.6) is 0 Å². The molecule has 0 N–H and O–H groups in total. The molecule has 3 aromatic heterocycles. The van der Waals surface area contributed by atoms with Crippen LogP contribution in [0.3, 0.4) is 0 Å². The monoisotopic (exact) mass is 293 g/mol. The molecular formula is C16H11N3O3. The fraction of sp³-hybridized carbons (Fsp3) is 0.0625. The maximum absolute atomic E-state index is 5.45. The van der Waals surface area contributed by atoms with E-state index in [1.54, 1.807) is 18.4 Å². The highest BCUT2D eigenvalue weighted by Crippen LogP contribution is 2.23. The third-order valence-electron chi connectivity index (χ3n) is 3.13. The van der Waals surface area contributed by atoms with Gasteiger partial charge in [0.1, 0.15) is 11.3 Å². The molecule has 0 saturated carbocycles. The first-order valence-electron chi connectivity index (χ1n) is 6.71. The van der Waals surface area contributed by atoms with Gasteiger partial charge in [-0.2, -0.15) is 4.98 Å². The van der Waals surface area contributed by atoms with E-state index in [1.807, 2.05) is 37.3 Å². The molecule has 6 heteroatoms. The lowest BCUT2D eigenvalue weighted by Crippen LogP contribution is -1.81. The van der Waals surface area contributed by atoms with E-state index in [0.29, 0.717) is 17.6 Å². The Hall–Kier alpha value is -3.15. The van der Waals surface area contributed by atoms with Crippen LogP contribution in [-0.4, -0.2) is 15.1 Å². The number of fused-ring (bicyclic) bond motifs is 1. The zero-order valence-corrected chi connectivity index (χ0v) is 11.7. The second-order valence-corrected chi connectivity index (χ2v) is 4.72. The van der Waals surface area contributed by atoms with Crippen LogP contribution in [0, 0.1) is 6.92 Å². The number of nitrogens with zero attached hydrogens (tertiary/aromatic N) is 3. The molecule has 0 radical (unpaired) electrons. The van der Waals surface area contributed by atoms with E-state index in [2.05, 4.69) is 15.1 Å². The summed E-state index contributed by atoms with van der Waals surface area (Å²) in [6.45, 7) is 1.81. The lowest BCUT2D eigenvalue weighted by Gasteiger charge is -1.92. The van der Waals surface area contributed by atoms with Crippen molar-refractivity contribution >= 4 is 23.3 Å². The number of benzene rings is 1. The average Bonchev–Trinajstić information content (AvgIpc) is 3.24. The second-order valence-electron chi connectivity index (χ2n) is 4.72. The number of hydrogen-bond donors (Lipinski definition) is 0. The molecule has 0 amide bonds. The highest BCUT2D eigenvalue weighted by molar-refractivity contribution is 5.78. The van der Waals surface area contributed by atoms with E-state index in [1.165, 1.54) is 0 Å². The fourth-order valence-electron chi connectivity index (χ4n) is 2.14. The van der Waals surface area contributed by atoms with Crippen LogP contribution in [0.2, 0.25) is 0 Å². The summed E-state index contributed by atoms with van der Waals surface area (Å²) in [7, 11) is 0. The van der Waals surface area contributed by atoms with Crippen LogP contribution in [0.4, 0.5) is 0 Å². The summed E-state index contributed by atoms with van der Waals surface area (Å²) in [6, 6.07) is 9.25. The van der Waals surface area contributed by atoms with Crippen LogP contribution in [-0.2, 0) is 0 Å². The second kappa shape index (κ2) is 5.00. The van der Waals surface area contributed by atoms with Crippen molar-refractivity contribution < 1.29 is 13.4 Å². The largest absolute Gasteiger partial charge is 0.465 e. The van der Waals surface area contributed by atoms with Crippen LogP contribution < -0.4 is 0 Å². The minimum atomic E-state index is 0.405. The van der Waals surface area contributed by atoms with Gasteiger partial charge >= 0.3 is 0 Å². The first-order chi connectivity index (χ1) is 10.8. The Morgan fingerprint density at radius 2 is 2.05 bits per heavy atom. The molecule has 0 aliphatic heterocycles. The Bertz CT molecular complexity index is 948. The smallest absolute Gasteiger partial charge is 0.251 e. The number of hydrogen-bond acceptors (Lipinski definition) is 6. The molecule has 0 aliphatic carbocycles. The highest BCUT2D eigenvalue weighted by atomic mass is 16.5. The molecule has 0 spiro atoms. The standard InChI is InChI=1S/C16H11N3O3/c1-10-17-13-9-11(4-6-14(13)21-10)16-18-15(22-19-16)7-5-12-3-2-8-20-12/h2-9H,1H3/b7-5+. The minimum Gasteiger partial charge on any atom is -0.465 e. The van der Waals surface area contributed by atoms with Gasteiger partial charge in [-0.25, -0.2) is 4.98 Å². The van der Waals surface area contributed by atoms with Crippen molar-refractivity contribution in [3.63, 3.8) is 0 Å². The number of aryl methyl sites for hydroxylation is 1. The van der Waals surface area contributed by atoms with Gasteiger partial charge in [0, 0.05) is 18.6 Å². The predicted molar refractivity (Wildman–Crippen MR) is 79.7 cm³/mol. The molecule has 0 atom stereocenters. The van der Waals surface area contributed by atoms with Gasteiger partial charge in [-0.15, -0.1) is 0 Å². The van der Waals surface area contributed by atoms with Crippen LogP contribution in [0.15, 0.2) is 50.0 Å². The van der Waals surface area contributed by atoms with Crippen molar-refractivity contribution in [1.82, 2.24) is 15.1 Å². The van der Waals surface area contributed by atoms with E-state index in [4.69, 9.17) is 13.4 Å². The molecule has 3 heterocycles. The first kappa shape index (κ1) is 12.6. The van der Waals surface area contributed by atoms with Crippen molar-refractivity contribution in [2.45, 2.75) is 6.92 Å². The zero-order chi connectivity index (χ0) is 14.9. The molecule has 0 aliphatic rings. The summed E-state index contributed by atoms with van der Waals surface area (Å²) in [5, 5.41) is 3.97. The van der Waals surface area contributed by atoms with E-state index in [0.717, 1.165) is 22.4 Å². The number of rotatable bonds is 3. The van der Waals surface area contributed by atoms with Crippen molar-refractivity contribution in [3.05, 3.63) is 54.1 Å². The van der Waals surface area contributed by atoms with Gasteiger partial charge in [0.05, 0.1) is 6.26 Å². The summed E-state index contributed by atoms with van der Waals surface area (Å²) in [6.07, 6.45) is 5.07. The Kier molecular flexibility index (Phi) is 2.86. The van der Waals surface area contributed by atoms with Crippen LogP contribution >= 0.6 is 0 Å². The number of aromatic nitrogens is 3. The quantitative estimate of drug-likeness (QED) is 0.569. The fourth-order valence-corrected chi connectivity index (χ4v) is 2.14.